The molecule has 184 valence electrons. The Bertz CT molecular complexity index is 1390. The van der Waals surface area contributed by atoms with Crippen LogP contribution < -0.4 is 23.8 Å². The quantitative estimate of drug-likeness (QED) is 0.324. The number of aliphatic hydroxyl groups excluding tert-OH is 1. The molecule has 1 N–H and O–H groups in total. The Morgan fingerprint density at radius 3 is 2.44 bits per heavy atom. The summed E-state index contributed by atoms with van der Waals surface area (Å²) in [5.74, 6) is 0.430. The molecule has 36 heavy (non-hydrogen) atoms. The number of hydrogen-bond donors (Lipinski definition) is 1. The largest absolute Gasteiger partial charge is 0.507 e. The molecule has 0 spiro atoms. The SMILES string of the molecule is COc1cccc(C2/C(=C(\O)c3ccc(OC)c(C)c3)C(=O)C(=O)N2c2ccc3c(c2)OCCO3)c1. The van der Waals surface area contributed by atoms with E-state index in [1.807, 2.05) is 6.92 Å². The Kier molecular flexibility index (Phi) is 6.01. The van der Waals surface area contributed by atoms with Gasteiger partial charge in [0.05, 0.1) is 25.8 Å². The van der Waals surface area contributed by atoms with Crippen molar-refractivity contribution in [2.75, 3.05) is 32.3 Å². The van der Waals surface area contributed by atoms with Crippen molar-refractivity contribution in [2.45, 2.75) is 13.0 Å². The zero-order valence-electron chi connectivity index (χ0n) is 20.1. The topological polar surface area (TPSA) is 94.5 Å². The fourth-order valence-corrected chi connectivity index (χ4v) is 4.59. The molecule has 0 aromatic heterocycles. The minimum atomic E-state index is -0.898. The Labute approximate surface area is 208 Å². The normalized spacial score (nSPS) is 18.3. The van der Waals surface area contributed by atoms with Gasteiger partial charge < -0.3 is 24.1 Å². The molecule has 0 bridgehead atoms. The lowest BCUT2D eigenvalue weighted by Gasteiger charge is -2.27. The molecule has 0 saturated carbocycles. The summed E-state index contributed by atoms with van der Waals surface area (Å²) in [6.45, 7) is 2.65. The highest BCUT2D eigenvalue weighted by molar-refractivity contribution is 6.51. The number of aryl methyl sites for hydroxylation is 1. The van der Waals surface area contributed by atoms with Gasteiger partial charge in [0.25, 0.3) is 11.7 Å². The second kappa shape index (κ2) is 9.30. The molecule has 1 atom stereocenters. The second-order valence-electron chi connectivity index (χ2n) is 8.46. The van der Waals surface area contributed by atoms with E-state index < -0.39 is 17.7 Å². The van der Waals surface area contributed by atoms with Crippen molar-refractivity contribution in [3.05, 3.63) is 82.9 Å². The first-order valence-corrected chi connectivity index (χ1v) is 11.4. The van der Waals surface area contributed by atoms with Gasteiger partial charge in [0, 0.05) is 17.3 Å². The molecule has 0 aliphatic carbocycles. The summed E-state index contributed by atoms with van der Waals surface area (Å²) >= 11 is 0. The van der Waals surface area contributed by atoms with E-state index in [9.17, 15) is 14.7 Å². The molecule has 2 aliphatic heterocycles. The third-order valence-corrected chi connectivity index (χ3v) is 6.33. The van der Waals surface area contributed by atoms with Crippen LogP contribution >= 0.6 is 0 Å². The van der Waals surface area contributed by atoms with Crippen LogP contribution in [0.5, 0.6) is 23.0 Å². The van der Waals surface area contributed by atoms with Gasteiger partial charge in [-0.3, -0.25) is 14.5 Å². The van der Waals surface area contributed by atoms with Crippen LogP contribution in [0.1, 0.15) is 22.7 Å². The predicted molar refractivity (Wildman–Crippen MR) is 133 cm³/mol. The number of carbonyl (C=O) groups is 2. The lowest BCUT2D eigenvalue weighted by Crippen LogP contribution is -2.29. The van der Waals surface area contributed by atoms with Crippen LogP contribution in [0.4, 0.5) is 5.69 Å². The first-order chi connectivity index (χ1) is 17.4. The number of Topliss-reactive ketones (excluding diaryl/α,β-unsaturated/α-hetero) is 1. The van der Waals surface area contributed by atoms with E-state index in [2.05, 4.69) is 0 Å². The van der Waals surface area contributed by atoms with Crippen molar-refractivity contribution >= 4 is 23.1 Å². The molecule has 3 aromatic carbocycles. The van der Waals surface area contributed by atoms with Gasteiger partial charge in [-0.1, -0.05) is 12.1 Å². The number of anilines is 1. The summed E-state index contributed by atoms with van der Waals surface area (Å²) < 4.78 is 22.0. The number of benzene rings is 3. The van der Waals surface area contributed by atoms with E-state index in [1.54, 1.807) is 67.8 Å². The fraction of sp³-hybridized carbons (Fsp3) is 0.214. The number of amides is 1. The minimum Gasteiger partial charge on any atom is -0.507 e. The summed E-state index contributed by atoms with van der Waals surface area (Å²) in [6, 6.07) is 16.3. The number of nitrogens with zero attached hydrogens (tertiary/aromatic N) is 1. The number of methoxy groups -OCH3 is 2. The van der Waals surface area contributed by atoms with Crippen LogP contribution in [0.25, 0.3) is 5.76 Å². The zero-order chi connectivity index (χ0) is 25.4. The fourth-order valence-electron chi connectivity index (χ4n) is 4.59. The van der Waals surface area contributed by atoms with E-state index in [-0.39, 0.29) is 11.3 Å². The van der Waals surface area contributed by atoms with Crippen molar-refractivity contribution in [2.24, 2.45) is 0 Å². The number of ketones is 1. The number of ether oxygens (including phenoxy) is 4. The van der Waals surface area contributed by atoms with Gasteiger partial charge in [-0.25, -0.2) is 0 Å². The summed E-state index contributed by atoms with van der Waals surface area (Å²) in [4.78, 5) is 28.2. The molecule has 1 amide bonds. The Morgan fingerprint density at radius 1 is 0.944 bits per heavy atom. The lowest BCUT2D eigenvalue weighted by atomic mass is 9.94. The first kappa shape index (κ1) is 23.3. The first-order valence-electron chi connectivity index (χ1n) is 11.4. The Hall–Kier alpha value is -4.46. The molecular weight excluding hydrogens is 462 g/mol. The monoisotopic (exact) mass is 487 g/mol. The van der Waals surface area contributed by atoms with Gasteiger partial charge in [-0.05, 0) is 60.5 Å². The summed E-state index contributed by atoms with van der Waals surface area (Å²) in [5, 5.41) is 11.4. The van der Waals surface area contributed by atoms with Crippen molar-refractivity contribution in [3.63, 3.8) is 0 Å². The summed E-state index contributed by atoms with van der Waals surface area (Å²) in [6.07, 6.45) is 0. The molecular formula is C28H25NO7. The maximum Gasteiger partial charge on any atom is 0.300 e. The van der Waals surface area contributed by atoms with Crippen molar-refractivity contribution in [1.29, 1.82) is 0 Å². The third-order valence-electron chi connectivity index (χ3n) is 6.33. The molecule has 3 aromatic rings. The molecule has 5 rings (SSSR count). The third kappa shape index (κ3) is 3.90. The maximum atomic E-state index is 13.4. The second-order valence-corrected chi connectivity index (χ2v) is 8.46. The van der Waals surface area contributed by atoms with Crippen LogP contribution in [0.3, 0.4) is 0 Å². The standard InChI is InChI=1S/C28H25NO7/c1-16-13-18(7-9-21(16)34-3)26(30)24-25(17-5-4-6-20(14-17)33-2)29(28(32)27(24)31)19-8-10-22-23(15-19)36-12-11-35-22/h4-10,13-15,25,30H,11-12H2,1-3H3/b26-24+. The zero-order valence-corrected chi connectivity index (χ0v) is 20.1. The van der Waals surface area contributed by atoms with Crippen molar-refractivity contribution < 1.29 is 33.6 Å². The highest BCUT2D eigenvalue weighted by atomic mass is 16.6. The number of fused-ring (bicyclic) bond motifs is 1. The summed E-state index contributed by atoms with van der Waals surface area (Å²) in [7, 11) is 3.10. The van der Waals surface area contributed by atoms with Gasteiger partial charge in [0.1, 0.15) is 30.5 Å². The van der Waals surface area contributed by atoms with Crippen molar-refractivity contribution in [3.8, 4) is 23.0 Å². The van der Waals surface area contributed by atoms with Crippen LogP contribution in [0.2, 0.25) is 0 Å². The average molecular weight is 488 g/mol. The number of aliphatic hydroxyl groups is 1. The highest BCUT2D eigenvalue weighted by Crippen LogP contribution is 2.45. The van der Waals surface area contributed by atoms with Crippen LogP contribution in [-0.2, 0) is 9.59 Å². The molecule has 1 fully saturated rings. The molecule has 8 nitrogen and oxygen atoms in total. The number of hydrogen-bond acceptors (Lipinski definition) is 7. The number of rotatable bonds is 5. The van der Waals surface area contributed by atoms with Gasteiger partial charge in [-0.2, -0.15) is 0 Å². The van der Waals surface area contributed by atoms with Gasteiger partial charge in [0.2, 0.25) is 0 Å². The van der Waals surface area contributed by atoms with Gasteiger partial charge in [-0.15, -0.1) is 0 Å². The highest BCUT2D eigenvalue weighted by Gasteiger charge is 2.47. The molecule has 1 saturated heterocycles. The minimum absolute atomic E-state index is 0.0206. The Balaban J connectivity index is 1.70. The smallest absolute Gasteiger partial charge is 0.300 e. The van der Waals surface area contributed by atoms with E-state index in [0.717, 1.165) is 5.56 Å². The van der Waals surface area contributed by atoms with Crippen LogP contribution in [0, 0.1) is 6.92 Å². The van der Waals surface area contributed by atoms with E-state index >= 15 is 0 Å². The molecule has 8 heteroatoms. The lowest BCUT2D eigenvalue weighted by molar-refractivity contribution is -0.132. The van der Waals surface area contributed by atoms with Crippen molar-refractivity contribution in [1.82, 2.24) is 0 Å². The van der Waals surface area contributed by atoms with Gasteiger partial charge >= 0.3 is 0 Å². The average Bonchev–Trinajstić information content (AvgIpc) is 3.18. The molecule has 0 radical (unpaired) electrons. The van der Waals surface area contributed by atoms with Crippen LogP contribution in [-0.4, -0.2) is 44.2 Å². The summed E-state index contributed by atoms with van der Waals surface area (Å²) in [5.41, 5.74) is 2.21. The van der Waals surface area contributed by atoms with Gasteiger partial charge in [0.15, 0.2) is 11.5 Å². The maximum absolute atomic E-state index is 13.4. The van der Waals surface area contributed by atoms with E-state index in [1.165, 1.54) is 12.0 Å². The Morgan fingerprint density at radius 2 is 1.72 bits per heavy atom. The van der Waals surface area contributed by atoms with E-state index in [0.29, 0.717) is 53.0 Å². The van der Waals surface area contributed by atoms with Crippen LogP contribution in [0.15, 0.2) is 66.2 Å². The predicted octanol–water partition coefficient (Wildman–Crippen LogP) is 4.41. The number of carbonyl (C=O) groups excluding carboxylic acids is 2. The van der Waals surface area contributed by atoms with E-state index in [4.69, 9.17) is 18.9 Å². The molecule has 2 aliphatic rings. The molecule has 1 unspecified atom stereocenters. The molecule has 2 heterocycles.